The number of benzene rings is 1. The van der Waals surface area contributed by atoms with E-state index in [4.69, 9.17) is 5.73 Å². The fourth-order valence-corrected chi connectivity index (χ4v) is 1.34. The second-order valence-corrected chi connectivity index (χ2v) is 3.41. The van der Waals surface area contributed by atoms with Gasteiger partial charge in [-0.25, -0.2) is 4.98 Å². The van der Waals surface area contributed by atoms with Gasteiger partial charge in [-0.3, -0.25) is 0 Å². The van der Waals surface area contributed by atoms with Crippen molar-refractivity contribution in [2.45, 2.75) is 6.92 Å². The van der Waals surface area contributed by atoms with Gasteiger partial charge in [0, 0.05) is 17.6 Å². The van der Waals surface area contributed by atoms with Crippen LogP contribution in [0.3, 0.4) is 0 Å². The SMILES string of the molecule is Cc1cc(Nc2ccccn2)ccc1N. The predicted octanol–water partition coefficient (Wildman–Crippen LogP) is 2.72. The number of rotatable bonds is 2. The number of hydrogen-bond donors (Lipinski definition) is 2. The van der Waals surface area contributed by atoms with E-state index in [0.29, 0.717) is 0 Å². The van der Waals surface area contributed by atoms with E-state index in [2.05, 4.69) is 10.3 Å². The van der Waals surface area contributed by atoms with Gasteiger partial charge in [-0.05, 0) is 42.8 Å². The van der Waals surface area contributed by atoms with Crippen LogP contribution in [0.15, 0.2) is 42.6 Å². The molecule has 3 N–H and O–H groups in total. The smallest absolute Gasteiger partial charge is 0.130 e. The van der Waals surface area contributed by atoms with Crippen molar-refractivity contribution in [3.63, 3.8) is 0 Å². The molecule has 0 aliphatic carbocycles. The van der Waals surface area contributed by atoms with Crippen molar-refractivity contribution in [1.29, 1.82) is 0 Å². The Labute approximate surface area is 89.0 Å². The lowest BCUT2D eigenvalue weighted by Gasteiger charge is -2.07. The molecule has 0 spiro atoms. The first-order valence-corrected chi connectivity index (χ1v) is 4.80. The number of nitrogens with two attached hydrogens (primary N) is 1. The number of nitrogens with zero attached hydrogens (tertiary/aromatic N) is 1. The molecule has 0 aliphatic heterocycles. The molecule has 2 rings (SSSR count). The van der Waals surface area contributed by atoms with E-state index in [9.17, 15) is 0 Å². The third-order valence-electron chi connectivity index (χ3n) is 2.21. The number of pyridine rings is 1. The van der Waals surface area contributed by atoms with Crippen LogP contribution in [0, 0.1) is 6.92 Å². The van der Waals surface area contributed by atoms with Crippen molar-refractivity contribution < 1.29 is 0 Å². The monoisotopic (exact) mass is 199 g/mol. The number of anilines is 3. The van der Waals surface area contributed by atoms with Gasteiger partial charge in [0.2, 0.25) is 0 Å². The standard InChI is InChI=1S/C12H13N3/c1-9-8-10(5-6-11(9)13)15-12-4-2-3-7-14-12/h2-8H,13H2,1H3,(H,14,15). The summed E-state index contributed by atoms with van der Waals surface area (Å²) in [6.45, 7) is 1.99. The van der Waals surface area contributed by atoms with E-state index >= 15 is 0 Å². The predicted molar refractivity (Wildman–Crippen MR) is 63.1 cm³/mol. The summed E-state index contributed by atoms with van der Waals surface area (Å²) in [5.74, 6) is 0.835. The fraction of sp³-hybridized carbons (Fsp3) is 0.0833. The average Bonchev–Trinajstić information content (AvgIpc) is 2.25. The van der Waals surface area contributed by atoms with Crippen LogP contribution >= 0.6 is 0 Å². The Hall–Kier alpha value is -2.03. The summed E-state index contributed by atoms with van der Waals surface area (Å²) in [4.78, 5) is 4.18. The molecule has 0 radical (unpaired) electrons. The number of aromatic nitrogens is 1. The van der Waals surface area contributed by atoms with Crippen molar-refractivity contribution in [2.24, 2.45) is 0 Å². The minimum atomic E-state index is 0.807. The van der Waals surface area contributed by atoms with E-state index in [1.165, 1.54) is 0 Å². The van der Waals surface area contributed by atoms with Crippen molar-refractivity contribution in [3.8, 4) is 0 Å². The first kappa shape index (κ1) is 9.52. The largest absolute Gasteiger partial charge is 0.399 e. The molecule has 1 aromatic heterocycles. The van der Waals surface area contributed by atoms with Crippen LogP contribution in [0.25, 0.3) is 0 Å². The Kier molecular flexibility index (Phi) is 2.54. The molecule has 76 valence electrons. The molecule has 2 aromatic rings. The molecule has 0 fully saturated rings. The Morgan fingerprint density at radius 1 is 1.20 bits per heavy atom. The van der Waals surface area contributed by atoms with Crippen molar-refractivity contribution in [1.82, 2.24) is 4.98 Å². The summed E-state index contributed by atoms with van der Waals surface area (Å²) >= 11 is 0. The molecular weight excluding hydrogens is 186 g/mol. The second-order valence-electron chi connectivity index (χ2n) is 3.41. The summed E-state index contributed by atoms with van der Waals surface area (Å²) < 4.78 is 0. The van der Waals surface area contributed by atoms with Crippen LogP contribution < -0.4 is 11.1 Å². The van der Waals surface area contributed by atoms with Crippen molar-refractivity contribution in [2.75, 3.05) is 11.1 Å². The van der Waals surface area contributed by atoms with E-state index in [0.717, 1.165) is 22.8 Å². The lowest BCUT2D eigenvalue weighted by Crippen LogP contribution is -1.95. The molecule has 0 unspecified atom stereocenters. The maximum absolute atomic E-state index is 5.74. The Morgan fingerprint density at radius 3 is 2.73 bits per heavy atom. The maximum atomic E-state index is 5.74. The lowest BCUT2D eigenvalue weighted by molar-refractivity contribution is 1.30. The minimum Gasteiger partial charge on any atom is -0.399 e. The van der Waals surface area contributed by atoms with E-state index in [-0.39, 0.29) is 0 Å². The Bertz CT molecular complexity index is 452. The molecular formula is C12H13N3. The van der Waals surface area contributed by atoms with Crippen molar-refractivity contribution in [3.05, 3.63) is 48.2 Å². The Balaban J connectivity index is 2.22. The molecule has 0 aliphatic rings. The molecule has 3 heteroatoms. The van der Waals surface area contributed by atoms with Gasteiger partial charge in [0.25, 0.3) is 0 Å². The average molecular weight is 199 g/mol. The topological polar surface area (TPSA) is 50.9 Å². The van der Waals surface area contributed by atoms with Crippen LogP contribution in [0.5, 0.6) is 0 Å². The second kappa shape index (κ2) is 4.00. The van der Waals surface area contributed by atoms with Gasteiger partial charge in [0.05, 0.1) is 0 Å². The van der Waals surface area contributed by atoms with Gasteiger partial charge in [-0.2, -0.15) is 0 Å². The van der Waals surface area contributed by atoms with Gasteiger partial charge in [0.15, 0.2) is 0 Å². The van der Waals surface area contributed by atoms with Crippen LogP contribution in [-0.4, -0.2) is 4.98 Å². The maximum Gasteiger partial charge on any atom is 0.130 e. The van der Waals surface area contributed by atoms with E-state index in [1.54, 1.807) is 6.20 Å². The normalized spacial score (nSPS) is 9.93. The Morgan fingerprint density at radius 2 is 2.07 bits per heavy atom. The first-order valence-electron chi connectivity index (χ1n) is 4.80. The number of hydrogen-bond acceptors (Lipinski definition) is 3. The lowest BCUT2D eigenvalue weighted by atomic mass is 10.2. The van der Waals surface area contributed by atoms with Gasteiger partial charge in [0.1, 0.15) is 5.82 Å². The van der Waals surface area contributed by atoms with Gasteiger partial charge in [-0.15, -0.1) is 0 Å². The van der Waals surface area contributed by atoms with E-state index < -0.39 is 0 Å². The third kappa shape index (κ3) is 2.26. The number of aryl methyl sites for hydroxylation is 1. The van der Waals surface area contributed by atoms with Crippen LogP contribution in [0.2, 0.25) is 0 Å². The molecule has 1 aromatic carbocycles. The number of nitrogen functional groups attached to an aromatic ring is 1. The summed E-state index contributed by atoms with van der Waals surface area (Å²) in [5, 5.41) is 3.21. The van der Waals surface area contributed by atoms with Gasteiger partial charge >= 0.3 is 0 Å². The highest BCUT2D eigenvalue weighted by Crippen LogP contribution is 2.19. The quantitative estimate of drug-likeness (QED) is 0.731. The highest BCUT2D eigenvalue weighted by molar-refractivity contribution is 5.61. The summed E-state index contributed by atoms with van der Waals surface area (Å²) in [5.41, 5.74) is 8.61. The molecule has 0 saturated carbocycles. The van der Waals surface area contributed by atoms with Crippen molar-refractivity contribution >= 4 is 17.2 Å². The first-order chi connectivity index (χ1) is 7.25. The summed E-state index contributed by atoms with van der Waals surface area (Å²) in [6.07, 6.45) is 1.76. The van der Waals surface area contributed by atoms with Gasteiger partial charge < -0.3 is 11.1 Å². The number of nitrogens with one attached hydrogen (secondary N) is 1. The molecule has 0 bridgehead atoms. The summed E-state index contributed by atoms with van der Waals surface area (Å²) in [6, 6.07) is 11.6. The van der Waals surface area contributed by atoms with E-state index in [1.807, 2.05) is 43.3 Å². The molecule has 3 nitrogen and oxygen atoms in total. The molecule has 15 heavy (non-hydrogen) atoms. The molecule has 0 saturated heterocycles. The fourth-order valence-electron chi connectivity index (χ4n) is 1.34. The summed E-state index contributed by atoms with van der Waals surface area (Å²) in [7, 11) is 0. The third-order valence-corrected chi connectivity index (χ3v) is 2.21. The highest BCUT2D eigenvalue weighted by Gasteiger charge is 1.97. The molecule has 0 atom stereocenters. The zero-order chi connectivity index (χ0) is 10.7. The van der Waals surface area contributed by atoms with Crippen LogP contribution in [0.4, 0.5) is 17.2 Å². The van der Waals surface area contributed by atoms with Gasteiger partial charge in [-0.1, -0.05) is 6.07 Å². The van der Waals surface area contributed by atoms with Crippen LogP contribution in [0.1, 0.15) is 5.56 Å². The highest BCUT2D eigenvalue weighted by atomic mass is 15.0. The zero-order valence-corrected chi connectivity index (χ0v) is 8.57. The minimum absolute atomic E-state index is 0.807. The molecule has 1 heterocycles. The molecule has 0 amide bonds. The zero-order valence-electron chi connectivity index (χ0n) is 8.57. The van der Waals surface area contributed by atoms with Crippen LogP contribution in [-0.2, 0) is 0 Å².